The van der Waals surface area contributed by atoms with Gasteiger partial charge in [0.05, 0.1) is 35.2 Å². The minimum atomic E-state index is -1.12. The molecule has 0 saturated heterocycles. The molecule has 39 heavy (non-hydrogen) atoms. The van der Waals surface area contributed by atoms with Crippen LogP contribution in [0.2, 0.25) is 0 Å². The molecular weight excluding hydrogens is 492 g/mol. The maximum atomic E-state index is 13.3. The summed E-state index contributed by atoms with van der Waals surface area (Å²) in [6.07, 6.45) is 14.2. The van der Waals surface area contributed by atoms with E-state index >= 15 is 0 Å². The molecule has 0 aromatic rings. The number of carbonyl (C=O) groups is 2. The summed E-state index contributed by atoms with van der Waals surface area (Å²) in [5.41, 5.74) is -2.81. The average Bonchev–Trinajstić information content (AvgIpc) is 3.56. The highest BCUT2D eigenvalue weighted by Gasteiger charge is 2.76. The highest BCUT2D eigenvalue weighted by Crippen LogP contribution is 2.72. The molecule has 8 atom stereocenters. The smallest absolute Gasteiger partial charge is 0.151 e. The van der Waals surface area contributed by atoms with Gasteiger partial charge in [-0.2, -0.15) is 0 Å². The van der Waals surface area contributed by atoms with Crippen molar-refractivity contribution in [1.82, 2.24) is 0 Å². The minimum Gasteiger partial charge on any atom is -0.388 e. The van der Waals surface area contributed by atoms with E-state index in [1.54, 1.807) is 48.6 Å². The van der Waals surface area contributed by atoms with E-state index in [2.05, 4.69) is 13.8 Å². The van der Waals surface area contributed by atoms with Crippen molar-refractivity contribution in [1.29, 1.82) is 0 Å². The summed E-state index contributed by atoms with van der Waals surface area (Å²) in [6.45, 7) is 13.5. The van der Waals surface area contributed by atoms with Crippen molar-refractivity contribution in [2.75, 3.05) is 0 Å². The summed E-state index contributed by atoms with van der Waals surface area (Å²) in [6, 6.07) is 0. The monoisotopic (exact) mass is 542 g/mol. The number of aliphatic hydroxyl groups is 4. The van der Waals surface area contributed by atoms with E-state index in [0.29, 0.717) is 0 Å². The van der Waals surface area contributed by atoms with Crippen LogP contribution in [-0.2, 0) is 9.59 Å². The lowest BCUT2D eigenvalue weighted by molar-refractivity contribution is -0.151. The Morgan fingerprint density at radius 1 is 0.692 bits per heavy atom. The van der Waals surface area contributed by atoms with Crippen LogP contribution in [0.3, 0.4) is 0 Å². The second-order valence-corrected chi connectivity index (χ2v) is 12.8. The van der Waals surface area contributed by atoms with Gasteiger partial charge in [0.2, 0.25) is 0 Å². The molecule has 4 N–H and O–H groups in total. The Morgan fingerprint density at radius 2 is 1.13 bits per heavy atom. The summed E-state index contributed by atoms with van der Waals surface area (Å²) < 4.78 is 0. The number of hydrogen-bond acceptors (Lipinski definition) is 6. The molecule has 0 aliphatic heterocycles. The third-order valence-corrected chi connectivity index (χ3v) is 11.1. The second kappa shape index (κ2) is 11.6. The Kier molecular flexibility index (Phi) is 9.38. The molecular formula is C33H50O6. The number of fused-ring (bicyclic) bond motifs is 4. The lowest BCUT2D eigenvalue weighted by Crippen LogP contribution is -2.55. The first-order valence-electron chi connectivity index (χ1n) is 14.6. The molecule has 0 amide bonds. The molecule has 4 saturated carbocycles. The zero-order valence-corrected chi connectivity index (χ0v) is 24.8. The minimum absolute atomic E-state index is 0.0140. The quantitative estimate of drug-likeness (QED) is 0.330. The van der Waals surface area contributed by atoms with Gasteiger partial charge >= 0.3 is 0 Å². The van der Waals surface area contributed by atoms with E-state index < -0.39 is 40.7 Å². The van der Waals surface area contributed by atoms with Gasteiger partial charge in [0, 0.05) is 11.3 Å². The molecule has 4 aliphatic rings. The van der Waals surface area contributed by atoms with Crippen LogP contribution in [0, 0.1) is 39.4 Å². The molecule has 6 nitrogen and oxygen atoms in total. The molecule has 0 aromatic carbocycles. The zero-order chi connectivity index (χ0) is 29.4. The first kappa shape index (κ1) is 31.7. The summed E-state index contributed by atoms with van der Waals surface area (Å²) in [4.78, 5) is 25.8. The van der Waals surface area contributed by atoms with Crippen molar-refractivity contribution in [2.24, 2.45) is 39.4 Å². The van der Waals surface area contributed by atoms with Gasteiger partial charge in [0.25, 0.3) is 0 Å². The molecule has 0 aromatic heterocycles. The van der Waals surface area contributed by atoms with Gasteiger partial charge in [0.15, 0.2) is 5.78 Å². The fourth-order valence-electron chi connectivity index (χ4n) is 8.76. The maximum absolute atomic E-state index is 13.3. The molecule has 218 valence electrons. The standard InChI is InChI=1S/C18H28O3.C15H22O3/c1-6-8-13(19)18(14(20)9-7-2)12-10-11-17(5,15(18)21)16(12,3)4;1-3-5-12(16)15(13(17)6-4-2)11-8-7-10(9-11)14(15)18/h6-9,12-14,19-20H,10-11H2,1-5H3;3-6,10-13,16-17H,7-9H2,1-2H3/b8-6+,9-7+;5-3+,6-4+. The first-order chi connectivity index (χ1) is 18.3. The van der Waals surface area contributed by atoms with Crippen molar-refractivity contribution in [3.05, 3.63) is 48.6 Å². The predicted octanol–water partition coefficient (Wildman–Crippen LogP) is 4.72. The van der Waals surface area contributed by atoms with Crippen LogP contribution in [0.15, 0.2) is 48.6 Å². The topological polar surface area (TPSA) is 115 Å². The molecule has 0 radical (unpaired) electrons. The lowest BCUT2D eigenvalue weighted by Gasteiger charge is -2.43. The van der Waals surface area contributed by atoms with Crippen LogP contribution < -0.4 is 0 Å². The number of aliphatic hydroxyl groups excluding tert-OH is 4. The SMILES string of the molecule is C/C=C/C(O)C1(C(O)/C=C/C)C(=O)C2(C)CCC1C2(C)C.C/C=C/C(O)C1(C(O)/C=C/C)C(=O)C2CCC1C2. The van der Waals surface area contributed by atoms with E-state index in [4.69, 9.17) is 0 Å². The molecule has 0 spiro atoms. The fourth-order valence-corrected chi connectivity index (χ4v) is 8.76. The second-order valence-electron chi connectivity index (χ2n) is 12.8. The van der Waals surface area contributed by atoms with Gasteiger partial charge in [-0.15, -0.1) is 0 Å². The Labute approximate surface area is 234 Å². The van der Waals surface area contributed by atoms with Crippen molar-refractivity contribution >= 4 is 11.6 Å². The molecule has 4 bridgehead atoms. The highest BCUT2D eigenvalue weighted by molar-refractivity contribution is 5.96. The third kappa shape index (κ3) is 4.37. The number of rotatable bonds is 8. The van der Waals surface area contributed by atoms with E-state index in [1.165, 1.54) is 0 Å². The number of allylic oxidation sites excluding steroid dienone is 4. The van der Waals surface area contributed by atoms with Gasteiger partial charge in [-0.3, -0.25) is 9.59 Å². The van der Waals surface area contributed by atoms with Gasteiger partial charge < -0.3 is 20.4 Å². The van der Waals surface area contributed by atoms with Crippen LogP contribution in [0.5, 0.6) is 0 Å². The van der Waals surface area contributed by atoms with Gasteiger partial charge in [-0.25, -0.2) is 0 Å². The maximum Gasteiger partial charge on any atom is 0.151 e. The van der Waals surface area contributed by atoms with Crippen molar-refractivity contribution in [3.63, 3.8) is 0 Å². The van der Waals surface area contributed by atoms with E-state index in [1.807, 2.05) is 34.6 Å². The zero-order valence-electron chi connectivity index (χ0n) is 24.8. The molecule has 4 fully saturated rings. The van der Waals surface area contributed by atoms with Gasteiger partial charge in [-0.1, -0.05) is 69.4 Å². The first-order valence-corrected chi connectivity index (χ1v) is 14.6. The van der Waals surface area contributed by atoms with Crippen LogP contribution in [0.25, 0.3) is 0 Å². The number of ketones is 2. The normalized spacial score (nSPS) is 40.2. The lowest BCUT2D eigenvalue weighted by atomic mass is 9.62. The predicted molar refractivity (Wildman–Crippen MR) is 154 cm³/mol. The van der Waals surface area contributed by atoms with Crippen molar-refractivity contribution < 1.29 is 30.0 Å². The van der Waals surface area contributed by atoms with E-state index in [-0.39, 0.29) is 34.7 Å². The molecule has 6 heteroatoms. The molecule has 4 rings (SSSR count). The molecule has 0 heterocycles. The Morgan fingerprint density at radius 3 is 1.46 bits per heavy atom. The fraction of sp³-hybridized carbons (Fsp3) is 0.697. The largest absolute Gasteiger partial charge is 0.388 e. The number of Topliss-reactive ketones (excluding diaryl/α,β-unsaturated/α-hetero) is 2. The highest BCUT2D eigenvalue weighted by atomic mass is 16.3. The van der Waals surface area contributed by atoms with E-state index in [9.17, 15) is 30.0 Å². The third-order valence-electron chi connectivity index (χ3n) is 11.1. The summed E-state index contributed by atoms with van der Waals surface area (Å²) in [5.74, 6) is 0.199. The Bertz CT molecular complexity index is 999. The Balaban J connectivity index is 0.000000218. The van der Waals surface area contributed by atoms with E-state index in [0.717, 1.165) is 32.1 Å². The van der Waals surface area contributed by atoms with Gasteiger partial charge in [-0.05, 0) is 77.0 Å². The average molecular weight is 543 g/mol. The summed E-state index contributed by atoms with van der Waals surface area (Å²) in [5, 5.41) is 42.2. The molecule has 4 aliphatic carbocycles. The summed E-state index contributed by atoms with van der Waals surface area (Å²) >= 11 is 0. The van der Waals surface area contributed by atoms with Crippen LogP contribution in [-0.4, -0.2) is 56.4 Å². The van der Waals surface area contributed by atoms with Crippen LogP contribution >= 0.6 is 0 Å². The van der Waals surface area contributed by atoms with Crippen molar-refractivity contribution in [3.8, 4) is 0 Å². The van der Waals surface area contributed by atoms with Crippen molar-refractivity contribution in [2.45, 2.75) is 105 Å². The summed E-state index contributed by atoms with van der Waals surface area (Å²) in [7, 11) is 0. The van der Waals surface area contributed by atoms with Gasteiger partial charge in [0.1, 0.15) is 5.78 Å². The number of carbonyl (C=O) groups excluding carboxylic acids is 2. The number of hydrogen-bond donors (Lipinski definition) is 4. The van der Waals surface area contributed by atoms with Crippen LogP contribution in [0.1, 0.15) is 80.6 Å². The van der Waals surface area contributed by atoms with Crippen LogP contribution in [0.4, 0.5) is 0 Å². The molecule has 8 unspecified atom stereocenters. The Hall–Kier alpha value is -1.86.